The van der Waals surface area contributed by atoms with Crippen molar-refractivity contribution in [3.8, 4) is 0 Å². The lowest BCUT2D eigenvalue weighted by Gasteiger charge is -2.38. The summed E-state index contributed by atoms with van der Waals surface area (Å²) in [6.45, 7) is 7.50. The molecule has 2 aromatic carbocycles. The number of hydrogen-bond acceptors (Lipinski definition) is 4. The number of piperazine rings is 1. The number of nitrogens with zero attached hydrogens (tertiary/aromatic N) is 2. The molecule has 3 amide bonds. The summed E-state index contributed by atoms with van der Waals surface area (Å²) >= 11 is 1.20. The Balaban J connectivity index is 1.38. The smallest absolute Gasteiger partial charge is 0.264 e. The van der Waals surface area contributed by atoms with Crippen molar-refractivity contribution in [2.75, 3.05) is 31.5 Å². The van der Waals surface area contributed by atoms with Gasteiger partial charge in [0.1, 0.15) is 5.82 Å². The maximum absolute atomic E-state index is 13.4. The topological polar surface area (TPSA) is 69.7 Å². The van der Waals surface area contributed by atoms with E-state index in [4.69, 9.17) is 0 Å². The molecule has 0 aliphatic carbocycles. The van der Waals surface area contributed by atoms with Crippen LogP contribution in [0.2, 0.25) is 0 Å². The van der Waals surface area contributed by atoms with Gasteiger partial charge in [-0.2, -0.15) is 0 Å². The molecule has 1 aliphatic heterocycles. The van der Waals surface area contributed by atoms with E-state index in [-0.39, 0.29) is 17.4 Å². The van der Waals surface area contributed by atoms with Crippen LogP contribution in [0, 0.1) is 12.7 Å². The summed E-state index contributed by atoms with van der Waals surface area (Å²) in [7, 11) is 0. The number of aryl methyl sites for hydroxylation is 1. The number of nitrogens with one attached hydrogen (secondary N) is 1. The van der Waals surface area contributed by atoms with Gasteiger partial charge in [-0.15, -0.1) is 11.3 Å². The van der Waals surface area contributed by atoms with Crippen LogP contribution in [-0.4, -0.2) is 53.7 Å². The highest BCUT2D eigenvalue weighted by atomic mass is 32.1. The number of carbonyl (C=O) groups is 3. The van der Waals surface area contributed by atoms with E-state index >= 15 is 0 Å². The largest absolute Gasteiger partial charge is 0.338 e. The van der Waals surface area contributed by atoms with Crippen molar-refractivity contribution in [2.24, 2.45) is 0 Å². The number of carbonyl (C=O) groups excluding carboxylic acids is 3. The molecular formula is C27H28FN3O3S. The first kappa shape index (κ1) is 24.6. The van der Waals surface area contributed by atoms with Crippen LogP contribution >= 0.6 is 11.3 Å². The normalized spacial score (nSPS) is 14.1. The van der Waals surface area contributed by atoms with Gasteiger partial charge in [-0.05, 0) is 56.2 Å². The molecule has 0 radical (unpaired) electrons. The average molecular weight is 494 g/mol. The highest BCUT2D eigenvalue weighted by Crippen LogP contribution is 2.30. The Kier molecular flexibility index (Phi) is 7.03. The molecule has 1 saturated heterocycles. The van der Waals surface area contributed by atoms with Crippen molar-refractivity contribution in [3.05, 3.63) is 88.0 Å². The zero-order chi connectivity index (χ0) is 25.2. The van der Waals surface area contributed by atoms with Crippen LogP contribution in [0.5, 0.6) is 0 Å². The Hall–Kier alpha value is -3.52. The maximum Gasteiger partial charge on any atom is 0.264 e. The van der Waals surface area contributed by atoms with Crippen molar-refractivity contribution in [2.45, 2.75) is 26.2 Å². The molecule has 35 heavy (non-hydrogen) atoms. The van der Waals surface area contributed by atoms with Crippen molar-refractivity contribution in [1.29, 1.82) is 0 Å². The average Bonchev–Trinajstić information content (AvgIpc) is 3.23. The van der Waals surface area contributed by atoms with Gasteiger partial charge in [-0.1, -0.05) is 36.4 Å². The van der Waals surface area contributed by atoms with Crippen LogP contribution < -0.4 is 5.32 Å². The molecule has 1 fully saturated rings. The van der Waals surface area contributed by atoms with Gasteiger partial charge in [-0.3, -0.25) is 14.4 Å². The standard InChI is InChI=1S/C27H28FN3O3S/c1-18-16-22(29-24(32)19-8-7-11-21(28)17-19)35-23(18)25(33)30-12-14-31(15-13-30)26(34)27(2,3)20-9-5-4-6-10-20/h4-11,16-17H,12-15H2,1-3H3,(H,29,32). The summed E-state index contributed by atoms with van der Waals surface area (Å²) in [5.74, 6) is -0.989. The first-order valence-electron chi connectivity index (χ1n) is 11.5. The van der Waals surface area contributed by atoms with Gasteiger partial charge >= 0.3 is 0 Å². The van der Waals surface area contributed by atoms with Gasteiger partial charge in [0.25, 0.3) is 11.8 Å². The van der Waals surface area contributed by atoms with Crippen LogP contribution in [0.4, 0.5) is 9.39 Å². The Morgan fingerprint density at radius 2 is 1.57 bits per heavy atom. The Bertz CT molecular complexity index is 1250. The van der Waals surface area contributed by atoms with E-state index in [0.717, 1.165) is 11.1 Å². The molecule has 0 unspecified atom stereocenters. The molecule has 1 aromatic heterocycles. The second-order valence-corrected chi connectivity index (χ2v) is 10.2. The third-order valence-corrected chi connectivity index (χ3v) is 7.46. The summed E-state index contributed by atoms with van der Waals surface area (Å²) in [6, 6.07) is 16.9. The van der Waals surface area contributed by atoms with Gasteiger partial charge in [0.15, 0.2) is 0 Å². The lowest BCUT2D eigenvalue weighted by molar-refractivity contribution is -0.137. The second-order valence-electron chi connectivity index (χ2n) is 9.16. The minimum atomic E-state index is -0.646. The third-order valence-electron chi connectivity index (χ3n) is 6.32. The summed E-state index contributed by atoms with van der Waals surface area (Å²) in [5.41, 5.74) is 1.29. The summed E-state index contributed by atoms with van der Waals surface area (Å²) < 4.78 is 13.4. The maximum atomic E-state index is 13.4. The van der Waals surface area contributed by atoms with Crippen molar-refractivity contribution >= 4 is 34.1 Å². The lowest BCUT2D eigenvalue weighted by Crippen LogP contribution is -2.54. The molecule has 0 saturated carbocycles. The second kappa shape index (κ2) is 10.00. The van der Waals surface area contributed by atoms with E-state index in [1.54, 1.807) is 11.0 Å². The van der Waals surface area contributed by atoms with E-state index in [2.05, 4.69) is 5.32 Å². The number of thiophene rings is 1. The molecule has 0 bridgehead atoms. The van der Waals surface area contributed by atoms with Crippen molar-refractivity contribution in [1.82, 2.24) is 9.80 Å². The zero-order valence-corrected chi connectivity index (χ0v) is 20.8. The summed E-state index contributed by atoms with van der Waals surface area (Å²) in [5, 5.41) is 3.27. The molecule has 4 rings (SSSR count). The molecule has 1 N–H and O–H groups in total. The van der Waals surface area contributed by atoms with Crippen LogP contribution in [0.1, 0.15) is 45.0 Å². The number of hydrogen-bond donors (Lipinski definition) is 1. The van der Waals surface area contributed by atoms with E-state index in [1.165, 1.54) is 35.6 Å². The minimum Gasteiger partial charge on any atom is -0.338 e. The number of benzene rings is 2. The third kappa shape index (κ3) is 5.27. The predicted octanol–water partition coefficient (Wildman–Crippen LogP) is 4.71. The molecule has 8 heteroatoms. The van der Waals surface area contributed by atoms with E-state index < -0.39 is 17.1 Å². The van der Waals surface area contributed by atoms with Gasteiger partial charge in [0, 0.05) is 31.7 Å². The lowest BCUT2D eigenvalue weighted by atomic mass is 9.83. The Labute approximate surface area is 208 Å². The first-order chi connectivity index (χ1) is 16.7. The monoisotopic (exact) mass is 493 g/mol. The highest BCUT2D eigenvalue weighted by molar-refractivity contribution is 7.18. The first-order valence-corrected chi connectivity index (χ1v) is 12.3. The molecule has 0 spiro atoms. The fourth-order valence-corrected chi connectivity index (χ4v) is 5.24. The Morgan fingerprint density at radius 3 is 2.23 bits per heavy atom. The molecule has 3 aromatic rings. The van der Waals surface area contributed by atoms with Crippen LogP contribution in [0.15, 0.2) is 60.7 Å². The predicted molar refractivity (Wildman–Crippen MR) is 135 cm³/mol. The number of rotatable bonds is 5. The molecule has 6 nitrogen and oxygen atoms in total. The quantitative estimate of drug-likeness (QED) is 0.560. The van der Waals surface area contributed by atoms with Gasteiger partial charge < -0.3 is 15.1 Å². The zero-order valence-electron chi connectivity index (χ0n) is 20.0. The fraction of sp³-hybridized carbons (Fsp3) is 0.296. The van der Waals surface area contributed by atoms with E-state index in [9.17, 15) is 18.8 Å². The Morgan fingerprint density at radius 1 is 0.914 bits per heavy atom. The van der Waals surface area contributed by atoms with Gasteiger partial charge in [0.05, 0.1) is 15.3 Å². The SMILES string of the molecule is Cc1cc(NC(=O)c2cccc(F)c2)sc1C(=O)N1CCN(C(=O)C(C)(C)c2ccccc2)CC1. The molecule has 0 atom stereocenters. The molecular weight excluding hydrogens is 465 g/mol. The van der Waals surface area contributed by atoms with Crippen molar-refractivity contribution < 1.29 is 18.8 Å². The van der Waals surface area contributed by atoms with Crippen LogP contribution in [0.3, 0.4) is 0 Å². The molecule has 2 heterocycles. The van der Waals surface area contributed by atoms with Gasteiger partial charge in [0.2, 0.25) is 5.91 Å². The molecule has 182 valence electrons. The van der Waals surface area contributed by atoms with E-state index in [1.807, 2.05) is 56.0 Å². The highest BCUT2D eigenvalue weighted by Gasteiger charge is 2.36. The summed E-state index contributed by atoms with van der Waals surface area (Å²) in [6.07, 6.45) is 0. The van der Waals surface area contributed by atoms with Crippen LogP contribution in [-0.2, 0) is 10.2 Å². The van der Waals surface area contributed by atoms with Crippen LogP contribution in [0.25, 0.3) is 0 Å². The number of amides is 3. The number of anilines is 1. The summed E-state index contributed by atoms with van der Waals surface area (Å²) in [4.78, 5) is 43.0. The fourth-order valence-electron chi connectivity index (χ4n) is 4.20. The number of halogens is 1. The van der Waals surface area contributed by atoms with Gasteiger partial charge in [-0.25, -0.2) is 4.39 Å². The van der Waals surface area contributed by atoms with E-state index in [0.29, 0.717) is 36.1 Å². The molecule has 1 aliphatic rings. The van der Waals surface area contributed by atoms with Crippen molar-refractivity contribution in [3.63, 3.8) is 0 Å². The minimum absolute atomic E-state index is 0.0467.